The first-order valence-electron chi connectivity index (χ1n) is 5.77. The van der Waals surface area contributed by atoms with Crippen LogP contribution in [0.4, 0.5) is 5.69 Å². The minimum atomic E-state index is -0.216. The summed E-state index contributed by atoms with van der Waals surface area (Å²) in [5.74, 6) is -0.216. The van der Waals surface area contributed by atoms with Crippen molar-refractivity contribution >= 4 is 39.1 Å². The van der Waals surface area contributed by atoms with Gasteiger partial charge in [-0.1, -0.05) is 27.5 Å². The van der Waals surface area contributed by atoms with Gasteiger partial charge in [0.1, 0.15) is 0 Å². The van der Waals surface area contributed by atoms with Gasteiger partial charge in [-0.15, -0.1) is 0 Å². The number of halogens is 2. The zero-order chi connectivity index (χ0) is 14.0. The number of amides is 1. The summed E-state index contributed by atoms with van der Waals surface area (Å²) in [5, 5.41) is 7.46. The lowest BCUT2D eigenvalue weighted by Gasteiger charge is -2.05. The van der Waals surface area contributed by atoms with E-state index in [-0.39, 0.29) is 11.9 Å². The normalized spacial score (nSPS) is 10.8. The molecule has 4 nitrogen and oxygen atoms in total. The number of carbonyl (C=O) groups is 1. The SMILES string of the molecule is CC(C)n1cc(NC(=O)c2cc(Cl)cc(Br)c2)cn1. The highest BCUT2D eigenvalue weighted by molar-refractivity contribution is 9.10. The maximum atomic E-state index is 12.1. The summed E-state index contributed by atoms with van der Waals surface area (Å²) in [5.41, 5.74) is 1.16. The van der Waals surface area contributed by atoms with Gasteiger partial charge in [-0.05, 0) is 32.0 Å². The fourth-order valence-corrected chi connectivity index (χ4v) is 2.43. The van der Waals surface area contributed by atoms with Crippen molar-refractivity contribution in [2.45, 2.75) is 19.9 Å². The molecule has 0 unspecified atom stereocenters. The summed E-state index contributed by atoms with van der Waals surface area (Å²) in [6, 6.07) is 5.32. The van der Waals surface area contributed by atoms with E-state index in [2.05, 4.69) is 26.3 Å². The van der Waals surface area contributed by atoms with E-state index in [0.717, 1.165) is 4.47 Å². The highest BCUT2D eigenvalue weighted by atomic mass is 79.9. The molecule has 0 spiro atoms. The Morgan fingerprint density at radius 1 is 1.42 bits per heavy atom. The lowest BCUT2D eigenvalue weighted by atomic mass is 10.2. The molecule has 1 heterocycles. The van der Waals surface area contributed by atoms with E-state index in [4.69, 9.17) is 11.6 Å². The molecular weight excluding hydrogens is 330 g/mol. The molecule has 0 bridgehead atoms. The molecule has 1 aromatic carbocycles. The number of carbonyl (C=O) groups excluding carboxylic acids is 1. The van der Waals surface area contributed by atoms with Gasteiger partial charge in [0.15, 0.2) is 0 Å². The summed E-state index contributed by atoms with van der Waals surface area (Å²) in [6.45, 7) is 4.04. The van der Waals surface area contributed by atoms with E-state index in [9.17, 15) is 4.79 Å². The van der Waals surface area contributed by atoms with E-state index >= 15 is 0 Å². The molecule has 0 atom stereocenters. The molecule has 0 radical (unpaired) electrons. The van der Waals surface area contributed by atoms with Crippen molar-refractivity contribution in [3.63, 3.8) is 0 Å². The fourth-order valence-electron chi connectivity index (χ4n) is 1.57. The molecule has 1 amide bonds. The number of anilines is 1. The molecule has 0 saturated carbocycles. The molecule has 2 rings (SSSR count). The second-order valence-electron chi connectivity index (χ2n) is 4.42. The van der Waals surface area contributed by atoms with Gasteiger partial charge in [0.2, 0.25) is 0 Å². The topological polar surface area (TPSA) is 46.9 Å². The summed E-state index contributed by atoms with van der Waals surface area (Å²) in [6.07, 6.45) is 3.42. The van der Waals surface area contributed by atoms with Gasteiger partial charge in [0, 0.05) is 27.3 Å². The zero-order valence-electron chi connectivity index (χ0n) is 10.5. The molecule has 0 aliphatic rings. The Labute approximate surface area is 124 Å². The number of rotatable bonds is 3. The van der Waals surface area contributed by atoms with Gasteiger partial charge in [0.25, 0.3) is 5.91 Å². The van der Waals surface area contributed by atoms with Crippen LogP contribution in [0.2, 0.25) is 5.02 Å². The molecule has 0 saturated heterocycles. The summed E-state index contributed by atoms with van der Waals surface area (Å²) >= 11 is 9.23. The molecule has 0 fully saturated rings. The van der Waals surface area contributed by atoms with Gasteiger partial charge >= 0.3 is 0 Å². The monoisotopic (exact) mass is 341 g/mol. The molecule has 0 aliphatic carbocycles. The maximum absolute atomic E-state index is 12.1. The number of aromatic nitrogens is 2. The predicted molar refractivity (Wildman–Crippen MR) is 79.7 cm³/mol. The van der Waals surface area contributed by atoms with Crippen molar-refractivity contribution < 1.29 is 4.79 Å². The average Bonchev–Trinajstić information content (AvgIpc) is 2.76. The second-order valence-corrected chi connectivity index (χ2v) is 5.77. The van der Waals surface area contributed by atoms with Crippen LogP contribution in [0, 0.1) is 0 Å². The molecule has 100 valence electrons. The van der Waals surface area contributed by atoms with Crippen molar-refractivity contribution in [3.8, 4) is 0 Å². The number of hydrogen-bond donors (Lipinski definition) is 1. The molecule has 1 N–H and O–H groups in total. The van der Waals surface area contributed by atoms with E-state index in [1.54, 1.807) is 35.3 Å². The molecule has 2 aromatic rings. The van der Waals surface area contributed by atoms with E-state index in [1.165, 1.54) is 0 Å². The van der Waals surface area contributed by atoms with Crippen LogP contribution in [-0.2, 0) is 0 Å². The summed E-state index contributed by atoms with van der Waals surface area (Å²) < 4.78 is 2.55. The third-order valence-electron chi connectivity index (χ3n) is 2.51. The van der Waals surface area contributed by atoms with Crippen molar-refractivity contribution in [1.82, 2.24) is 9.78 Å². The first kappa shape index (κ1) is 14.1. The third-order valence-corrected chi connectivity index (χ3v) is 3.19. The van der Waals surface area contributed by atoms with Crippen LogP contribution < -0.4 is 5.32 Å². The Morgan fingerprint density at radius 2 is 2.16 bits per heavy atom. The minimum Gasteiger partial charge on any atom is -0.319 e. The number of benzene rings is 1. The predicted octanol–water partition coefficient (Wildman–Crippen LogP) is 4.13. The molecule has 6 heteroatoms. The van der Waals surface area contributed by atoms with Gasteiger partial charge < -0.3 is 5.32 Å². The van der Waals surface area contributed by atoms with Crippen LogP contribution in [-0.4, -0.2) is 15.7 Å². The van der Waals surface area contributed by atoms with E-state index < -0.39 is 0 Å². The Hall–Kier alpha value is -1.33. The molecular formula is C13H13BrClN3O. The Balaban J connectivity index is 2.15. The van der Waals surface area contributed by atoms with Crippen molar-refractivity contribution in [3.05, 3.63) is 45.7 Å². The quantitative estimate of drug-likeness (QED) is 0.911. The maximum Gasteiger partial charge on any atom is 0.255 e. The third kappa shape index (κ3) is 3.58. The number of nitrogens with zero attached hydrogens (tertiary/aromatic N) is 2. The van der Waals surface area contributed by atoms with Crippen LogP contribution in [0.1, 0.15) is 30.2 Å². The lowest BCUT2D eigenvalue weighted by molar-refractivity contribution is 0.102. The van der Waals surface area contributed by atoms with Crippen LogP contribution in [0.5, 0.6) is 0 Å². The Kier molecular flexibility index (Phi) is 4.27. The highest BCUT2D eigenvalue weighted by Gasteiger charge is 2.10. The molecule has 1 aromatic heterocycles. The molecule has 0 aliphatic heterocycles. The summed E-state index contributed by atoms with van der Waals surface area (Å²) in [4.78, 5) is 12.1. The highest BCUT2D eigenvalue weighted by Crippen LogP contribution is 2.20. The standard InChI is InChI=1S/C13H13BrClN3O/c1-8(2)18-7-12(6-16-18)17-13(19)9-3-10(14)5-11(15)4-9/h3-8H,1-2H3,(H,17,19). The Morgan fingerprint density at radius 3 is 2.74 bits per heavy atom. The van der Waals surface area contributed by atoms with Gasteiger partial charge in [-0.3, -0.25) is 9.48 Å². The first-order valence-corrected chi connectivity index (χ1v) is 6.94. The van der Waals surface area contributed by atoms with Gasteiger partial charge in [-0.2, -0.15) is 5.10 Å². The van der Waals surface area contributed by atoms with Gasteiger partial charge in [0.05, 0.1) is 11.9 Å². The first-order chi connectivity index (χ1) is 8.95. The average molecular weight is 343 g/mol. The van der Waals surface area contributed by atoms with Crippen molar-refractivity contribution in [1.29, 1.82) is 0 Å². The summed E-state index contributed by atoms with van der Waals surface area (Å²) in [7, 11) is 0. The molecule has 19 heavy (non-hydrogen) atoms. The van der Waals surface area contributed by atoms with Crippen LogP contribution in [0.3, 0.4) is 0 Å². The van der Waals surface area contributed by atoms with Crippen molar-refractivity contribution in [2.75, 3.05) is 5.32 Å². The number of hydrogen-bond acceptors (Lipinski definition) is 2. The second kappa shape index (κ2) is 5.75. The van der Waals surface area contributed by atoms with Crippen LogP contribution >= 0.6 is 27.5 Å². The number of nitrogens with one attached hydrogen (secondary N) is 1. The minimum absolute atomic E-state index is 0.216. The van der Waals surface area contributed by atoms with Crippen molar-refractivity contribution in [2.24, 2.45) is 0 Å². The fraction of sp³-hybridized carbons (Fsp3) is 0.231. The Bertz CT molecular complexity index is 589. The largest absolute Gasteiger partial charge is 0.319 e. The van der Waals surface area contributed by atoms with E-state index in [1.807, 2.05) is 13.8 Å². The van der Waals surface area contributed by atoms with E-state index in [0.29, 0.717) is 16.3 Å². The van der Waals surface area contributed by atoms with Gasteiger partial charge in [-0.25, -0.2) is 0 Å². The zero-order valence-corrected chi connectivity index (χ0v) is 12.9. The van der Waals surface area contributed by atoms with Crippen LogP contribution in [0.15, 0.2) is 35.1 Å². The lowest BCUT2D eigenvalue weighted by Crippen LogP contribution is -2.11. The smallest absolute Gasteiger partial charge is 0.255 e. The van der Waals surface area contributed by atoms with Crippen LogP contribution in [0.25, 0.3) is 0 Å².